The largest absolute Gasteiger partial charge is 0.463 e. The van der Waals surface area contributed by atoms with Gasteiger partial charge in [0.05, 0.1) is 6.10 Å². The fourth-order valence-corrected chi connectivity index (χ4v) is 1.84. The molecule has 1 fully saturated rings. The molecule has 0 spiro atoms. The van der Waals surface area contributed by atoms with Crippen LogP contribution in [0.25, 0.3) is 0 Å². The smallest absolute Gasteiger partial charge is 0.379 e. The zero-order chi connectivity index (χ0) is 14.1. The van der Waals surface area contributed by atoms with E-state index in [1.165, 1.54) is 7.11 Å². The van der Waals surface area contributed by atoms with Gasteiger partial charge in [0.25, 0.3) is 0 Å². The summed E-state index contributed by atoms with van der Waals surface area (Å²) in [6.45, 7) is 1.42. The number of carbonyl (C=O) groups excluding carboxylic acids is 1. The van der Waals surface area contributed by atoms with Gasteiger partial charge in [0, 0.05) is 20.2 Å². The summed E-state index contributed by atoms with van der Waals surface area (Å²) < 4.78 is 66.9. The van der Waals surface area contributed by atoms with Crippen LogP contribution in [-0.4, -0.2) is 49.2 Å². The molecule has 0 aromatic carbocycles. The number of methoxy groups -OCH3 is 1. The number of rotatable bonds is 2. The van der Waals surface area contributed by atoms with Gasteiger partial charge in [-0.2, -0.15) is 22.0 Å². The van der Waals surface area contributed by atoms with Crippen molar-refractivity contribution in [1.82, 2.24) is 4.90 Å². The first-order valence-electron chi connectivity index (χ1n) is 5.38. The molecule has 106 valence electrons. The lowest BCUT2D eigenvalue weighted by atomic mass is 9.95. The molecule has 1 aliphatic rings. The van der Waals surface area contributed by atoms with Crippen LogP contribution in [0.5, 0.6) is 0 Å². The first-order valence-corrected chi connectivity index (χ1v) is 5.38. The Kier molecular flexibility index (Phi) is 4.19. The molecular formula is C10H14F5NO2. The zero-order valence-electron chi connectivity index (χ0n) is 9.93. The highest BCUT2D eigenvalue weighted by Crippen LogP contribution is 2.37. The van der Waals surface area contributed by atoms with Crippen molar-refractivity contribution in [2.45, 2.75) is 31.5 Å². The highest BCUT2D eigenvalue weighted by Gasteiger charge is 2.64. The molecule has 1 rings (SSSR count). The van der Waals surface area contributed by atoms with E-state index in [9.17, 15) is 26.7 Å². The van der Waals surface area contributed by atoms with E-state index in [-0.39, 0.29) is 19.0 Å². The summed E-state index contributed by atoms with van der Waals surface area (Å²) >= 11 is 0. The number of ether oxygens (including phenoxy) is 1. The molecule has 18 heavy (non-hydrogen) atoms. The van der Waals surface area contributed by atoms with Crippen LogP contribution < -0.4 is 0 Å². The van der Waals surface area contributed by atoms with Crippen molar-refractivity contribution < 1.29 is 31.5 Å². The van der Waals surface area contributed by atoms with Crippen LogP contribution in [0.15, 0.2) is 0 Å². The van der Waals surface area contributed by atoms with E-state index in [0.29, 0.717) is 11.3 Å². The molecule has 0 bridgehead atoms. The van der Waals surface area contributed by atoms with E-state index in [0.717, 1.165) is 0 Å². The Bertz CT molecular complexity index is 318. The summed E-state index contributed by atoms with van der Waals surface area (Å²) in [7, 11) is 1.33. The minimum Gasteiger partial charge on any atom is -0.379 e. The summed E-state index contributed by atoms with van der Waals surface area (Å²) in [5, 5.41) is 0. The van der Waals surface area contributed by atoms with E-state index >= 15 is 0 Å². The van der Waals surface area contributed by atoms with Crippen LogP contribution in [0.3, 0.4) is 0 Å². The summed E-state index contributed by atoms with van der Waals surface area (Å²) in [4.78, 5) is 11.8. The lowest BCUT2D eigenvalue weighted by Gasteiger charge is -2.37. The average molecular weight is 275 g/mol. The number of carbonyl (C=O) groups is 1. The van der Waals surface area contributed by atoms with Crippen molar-refractivity contribution in [1.29, 1.82) is 0 Å². The van der Waals surface area contributed by atoms with Crippen LogP contribution in [0, 0.1) is 5.92 Å². The topological polar surface area (TPSA) is 29.5 Å². The van der Waals surface area contributed by atoms with Gasteiger partial charge in [-0.05, 0) is 12.3 Å². The van der Waals surface area contributed by atoms with Crippen LogP contribution in [0.2, 0.25) is 0 Å². The number of amides is 1. The molecule has 8 heteroatoms. The van der Waals surface area contributed by atoms with Crippen molar-refractivity contribution in [3.05, 3.63) is 0 Å². The Hall–Kier alpha value is -0.920. The molecular weight excluding hydrogens is 261 g/mol. The second kappa shape index (κ2) is 4.99. The number of halogens is 5. The van der Waals surface area contributed by atoms with Gasteiger partial charge in [-0.25, -0.2) is 0 Å². The second-order valence-corrected chi connectivity index (χ2v) is 4.36. The number of nitrogens with zero attached hydrogens (tertiary/aromatic N) is 1. The molecule has 0 saturated carbocycles. The Labute approximate surface area is 101 Å². The summed E-state index contributed by atoms with van der Waals surface area (Å²) in [5.74, 6) is -7.53. The highest BCUT2D eigenvalue weighted by molar-refractivity contribution is 5.84. The van der Waals surface area contributed by atoms with Gasteiger partial charge >= 0.3 is 18.0 Å². The van der Waals surface area contributed by atoms with Crippen LogP contribution in [0.4, 0.5) is 22.0 Å². The third kappa shape index (κ3) is 2.73. The Morgan fingerprint density at radius 1 is 1.28 bits per heavy atom. The number of hydrogen-bond donors (Lipinski definition) is 0. The molecule has 1 saturated heterocycles. The molecule has 0 aliphatic carbocycles. The van der Waals surface area contributed by atoms with Crippen molar-refractivity contribution >= 4 is 5.91 Å². The minimum atomic E-state index is -5.87. The SMILES string of the molecule is COC1CN(C(=O)C(F)(F)C(F)(F)F)CCC1C. The Morgan fingerprint density at radius 3 is 2.28 bits per heavy atom. The van der Waals surface area contributed by atoms with Gasteiger partial charge in [0.2, 0.25) is 0 Å². The van der Waals surface area contributed by atoms with E-state index in [2.05, 4.69) is 0 Å². The van der Waals surface area contributed by atoms with Gasteiger partial charge in [-0.3, -0.25) is 4.79 Å². The van der Waals surface area contributed by atoms with E-state index in [4.69, 9.17) is 4.74 Å². The quantitative estimate of drug-likeness (QED) is 0.722. The van der Waals surface area contributed by atoms with Gasteiger partial charge in [-0.1, -0.05) is 6.92 Å². The molecule has 1 heterocycles. The number of likely N-dealkylation sites (tertiary alicyclic amines) is 1. The molecule has 0 aromatic rings. The van der Waals surface area contributed by atoms with Gasteiger partial charge in [0.1, 0.15) is 0 Å². The van der Waals surface area contributed by atoms with Crippen LogP contribution in [0.1, 0.15) is 13.3 Å². The lowest BCUT2D eigenvalue weighted by Crippen LogP contribution is -2.56. The third-order valence-electron chi connectivity index (χ3n) is 3.10. The van der Waals surface area contributed by atoms with Crippen molar-refractivity contribution in [2.75, 3.05) is 20.2 Å². The number of hydrogen-bond acceptors (Lipinski definition) is 2. The third-order valence-corrected chi connectivity index (χ3v) is 3.10. The molecule has 0 N–H and O–H groups in total. The monoisotopic (exact) mass is 275 g/mol. The number of piperidine rings is 1. The molecule has 3 nitrogen and oxygen atoms in total. The molecule has 1 aliphatic heterocycles. The predicted molar refractivity (Wildman–Crippen MR) is 52.2 cm³/mol. The summed E-state index contributed by atoms with van der Waals surface area (Å²) in [6, 6.07) is 0. The van der Waals surface area contributed by atoms with Crippen LogP contribution in [-0.2, 0) is 9.53 Å². The van der Waals surface area contributed by atoms with Crippen molar-refractivity contribution in [3.8, 4) is 0 Å². The summed E-state index contributed by atoms with van der Waals surface area (Å²) in [5.41, 5.74) is 0. The average Bonchev–Trinajstić information content (AvgIpc) is 2.27. The first kappa shape index (κ1) is 15.1. The maximum absolute atomic E-state index is 12.9. The molecule has 0 radical (unpaired) electrons. The molecule has 0 aromatic heterocycles. The van der Waals surface area contributed by atoms with Crippen LogP contribution >= 0.6 is 0 Å². The Balaban J connectivity index is 2.80. The minimum absolute atomic E-state index is 0.0126. The Morgan fingerprint density at radius 2 is 1.83 bits per heavy atom. The lowest BCUT2D eigenvalue weighted by molar-refractivity contribution is -0.275. The normalized spacial score (nSPS) is 26.3. The van der Waals surface area contributed by atoms with Gasteiger partial charge in [0.15, 0.2) is 0 Å². The standard InChI is InChI=1S/C10H14F5NO2/c1-6-3-4-16(5-7(6)18-2)8(17)9(11,12)10(13,14)15/h6-7H,3-5H2,1-2H3. The van der Waals surface area contributed by atoms with E-state index in [1.54, 1.807) is 6.92 Å². The van der Waals surface area contributed by atoms with E-state index in [1.807, 2.05) is 0 Å². The van der Waals surface area contributed by atoms with Gasteiger partial charge in [-0.15, -0.1) is 0 Å². The maximum atomic E-state index is 12.9. The second-order valence-electron chi connectivity index (χ2n) is 4.36. The fourth-order valence-electron chi connectivity index (χ4n) is 1.84. The molecule has 2 unspecified atom stereocenters. The fraction of sp³-hybridized carbons (Fsp3) is 0.900. The number of alkyl halides is 5. The highest BCUT2D eigenvalue weighted by atomic mass is 19.4. The van der Waals surface area contributed by atoms with Crippen molar-refractivity contribution in [2.24, 2.45) is 5.92 Å². The zero-order valence-corrected chi connectivity index (χ0v) is 9.93. The molecule has 2 atom stereocenters. The molecule has 1 amide bonds. The maximum Gasteiger partial charge on any atom is 0.463 e. The predicted octanol–water partition coefficient (Wildman–Crippen LogP) is 2.07. The van der Waals surface area contributed by atoms with Crippen molar-refractivity contribution in [3.63, 3.8) is 0 Å². The first-order chi connectivity index (χ1) is 8.11. The summed E-state index contributed by atoms with van der Waals surface area (Å²) in [6.07, 6.45) is -6.06. The van der Waals surface area contributed by atoms with Gasteiger partial charge < -0.3 is 9.64 Å². The van der Waals surface area contributed by atoms with E-state index < -0.39 is 24.1 Å².